The van der Waals surface area contributed by atoms with Crippen molar-refractivity contribution in [2.45, 2.75) is 19.4 Å². The van der Waals surface area contributed by atoms with E-state index in [1.165, 1.54) is 11.3 Å². The number of thiophene rings is 1. The standard InChI is InChI=1S/C11H11IN2OS/c12-9-7-13-14(8-9)5-1-3-10(15)11-4-2-6-16-11/h2,4,6-8H,1,3,5H2. The van der Waals surface area contributed by atoms with Gasteiger partial charge in [-0.15, -0.1) is 11.3 Å². The van der Waals surface area contributed by atoms with Gasteiger partial charge in [0.25, 0.3) is 0 Å². The molecule has 0 amide bonds. The van der Waals surface area contributed by atoms with Crippen LogP contribution in [0.25, 0.3) is 0 Å². The zero-order valence-corrected chi connectivity index (χ0v) is 11.6. The average molecular weight is 346 g/mol. The minimum Gasteiger partial charge on any atom is -0.293 e. The number of halogens is 1. The van der Waals surface area contributed by atoms with E-state index in [0.717, 1.165) is 21.4 Å². The Morgan fingerprint density at radius 2 is 2.44 bits per heavy atom. The summed E-state index contributed by atoms with van der Waals surface area (Å²) in [6, 6.07) is 3.79. The second-order valence-electron chi connectivity index (χ2n) is 3.43. The Balaban J connectivity index is 1.78. The van der Waals surface area contributed by atoms with Crippen LogP contribution in [-0.2, 0) is 6.54 Å². The van der Waals surface area contributed by atoms with E-state index in [4.69, 9.17) is 0 Å². The average Bonchev–Trinajstić information content (AvgIpc) is 2.89. The Kier molecular flexibility index (Phi) is 4.11. The zero-order valence-electron chi connectivity index (χ0n) is 8.60. The molecule has 5 heteroatoms. The normalized spacial score (nSPS) is 10.6. The van der Waals surface area contributed by atoms with Crippen LogP contribution in [0, 0.1) is 3.57 Å². The van der Waals surface area contributed by atoms with Crippen molar-refractivity contribution in [1.29, 1.82) is 0 Å². The summed E-state index contributed by atoms with van der Waals surface area (Å²) in [5, 5.41) is 6.11. The third-order valence-corrected chi connectivity index (χ3v) is 3.66. The van der Waals surface area contributed by atoms with Crippen LogP contribution >= 0.6 is 33.9 Å². The molecule has 0 fully saturated rings. The van der Waals surface area contributed by atoms with Crippen molar-refractivity contribution < 1.29 is 4.79 Å². The molecule has 16 heavy (non-hydrogen) atoms. The Morgan fingerprint density at radius 1 is 1.56 bits per heavy atom. The number of aryl methyl sites for hydroxylation is 1. The van der Waals surface area contributed by atoms with Gasteiger partial charge < -0.3 is 0 Å². The van der Waals surface area contributed by atoms with Crippen molar-refractivity contribution in [2.24, 2.45) is 0 Å². The van der Waals surface area contributed by atoms with E-state index in [9.17, 15) is 4.79 Å². The highest BCUT2D eigenvalue weighted by molar-refractivity contribution is 14.1. The summed E-state index contributed by atoms with van der Waals surface area (Å²) in [6.07, 6.45) is 5.24. The lowest BCUT2D eigenvalue weighted by Gasteiger charge is -1.99. The monoisotopic (exact) mass is 346 g/mol. The smallest absolute Gasteiger partial charge is 0.172 e. The maximum atomic E-state index is 11.7. The van der Waals surface area contributed by atoms with Gasteiger partial charge in [0.1, 0.15) is 0 Å². The Hall–Kier alpha value is -0.690. The molecule has 0 aliphatic carbocycles. The molecule has 2 rings (SSSR count). The van der Waals surface area contributed by atoms with Crippen LogP contribution in [0.15, 0.2) is 29.9 Å². The van der Waals surface area contributed by atoms with Crippen molar-refractivity contribution in [2.75, 3.05) is 0 Å². The number of ketones is 1. The molecule has 0 aliphatic heterocycles. The van der Waals surface area contributed by atoms with Gasteiger partial charge in [-0.25, -0.2) is 0 Å². The SMILES string of the molecule is O=C(CCCn1cc(I)cn1)c1cccs1. The fraction of sp³-hybridized carbons (Fsp3) is 0.273. The van der Waals surface area contributed by atoms with Crippen LogP contribution in [0.5, 0.6) is 0 Å². The third-order valence-electron chi connectivity index (χ3n) is 2.19. The number of carbonyl (C=O) groups excluding carboxylic acids is 1. The van der Waals surface area contributed by atoms with E-state index in [1.54, 1.807) is 0 Å². The highest BCUT2D eigenvalue weighted by Crippen LogP contribution is 2.12. The van der Waals surface area contributed by atoms with Gasteiger partial charge in [0.05, 0.1) is 14.6 Å². The fourth-order valence-electron chi connectivity index (χ4n) is 1.42. The van der Waals surface area contributed by atoms with Crippen molar-refractivity contribution in [3.63, 3.8) is 0 Å². The molecule has 0 spiro atoms. The van der Waals surface area contributed by atoms with E-state index in [1.807, 2.05) is 34.6 Å². The molecule has 0 saturated carbocycles. The first-order chi connectivity index (χ1) is 7.75. The van der Waals surface area contributed by atoms with Gasteiger partial charge >= 0.3 is 0 Å². The summed E-state index contributed by atoms with van der Waals surface area (Å²) >= 11 is 3.73. The van der Waals surface area contributed by atoms with Crippen molar-refractivity contribution in [1.82, 2.24) is 9.78 Å². The molecule has 0 N–H and O–H groups in total. The number of hydrogen-bond donors (Lipinski definition) is 0. The minimum absolute atomic E-state index is 0.233. The largest absolute Gasteiger partial charge is 0.293 e. The Morgan fingerprint density at radius 3 is 3.06 bits per heavy atom. The van der Waals surface area contributed by atoms with Gasteiger partial charge in [0.2, 0.25) is 0 Å². The van der Waals surface area contributed by atoms with Gasteiger partial charge in [-0.05, 0) is 40.5 Å². The second kappa shape index (κ2) is 5.58. The summed E-state index contributed by atoms with van der Waals surface area (Å²) in [7, 11) is 0. The van der Waals surface area contributed by atoms with E-state index >= 15 is 0 Å². The van der Waals surface area contributed by atoms with Gasteiger partial charge in [-0.2, -0.15) is 5.10 Å². The summed E-state index contributed by atoms with van der Waals surface area (Å²) in [6.45, 7) is 0.806. The highest BCUT2D eigenvalue weighted by Gasteiger charge is 2.06. The van der Waals surface area contributed by atoms with Crippen LogP contribution in [0.3, 0.4) is 0 Å². The highest BCUT2D eigenvalue weighted by atomic mass is 127. The number of nitrogens with zero attached hydrogens (tertiary/aromatic N) is 2. The molecule has 0 unspecified atom stereocenters. The van der Waals surface area contributed by atoms with Gasteiger partial charge in [-0.1, -0.05) is 6.07 Å². The zero-order chi connectivity index (χ0) is 11.4. The third kappa shape index (κ3) is 3.15. The van der Waals surface area contributed by atoms with Crippen LogP contribution in [0.4, 0.5) is 0 Å². The number of hydrogen-bond acceptors (Lipinski definition) is 3. The van der Waals surface area contributed by atoms with E-state index in [-0.39, 0.29) is 5.78 Å². The molecule has 0 aliphatic rings. The predicted molar refractivity (Wildman–Crippen MR) is 72.8 cm³/mol. The summed E-state index contributed by atoms with van der Waals surface area (Å²) in [4.78, 5) is 12.5. The van der Waals surface area contributed by atoms with Crippen LogP contribution in [-0.4, -0.2) is 15.6 Å². The van der Waals surface area contributed by atoms with Gasteiger partial charge in [-0.3, -0.25) is 9.48 Å². The van der Waals surface area contributed by atoms with Crippen molar-refractivity contribution in [3.8, 4) is 0 Å². The van der Waals surface area contributed by atoms with E-state index < -0.39 is 0 Å². The molecule has 0 saturated heterocycles. The number of carbonyl (C=O) groups is 1. The van der Waals surface area contributed by atoms with Crippen LogP contribution < -0.4 is 0 Å². The number of rotatable bonds is 5. The first-order valence-corrected chi connectivity index (χ1v) is 6.96. The topological polar surface area (TPSA) is 34.9 Å². The van der Waals surface area contributed by atoms with Crippen LogP contribution in [0.1, 0.15) is 22.5 Å². The van der Waals surface area contributed by atoms with E-state index in [0.29, 0.717) is 6.42 Å². The van der Waals surface area contributed by atoms with Gasteiger partial charge in [0.15, 0.2) is 5.78 Å². The van der Waals surface area contributed by atoms with Gasteiger partial charge in [0, 0.05) is 19.2 Å². The number of aromatic nitrogens is 2. The van der Waals surface area contributed by atoms with Crippen molar-refractivity contribution >= 4 is 39.7 Å². The maximum absolute atomic E-state index is 11.7. The second-order valence-corrected chi connectivity index (χ2v) is 5.62. The molecule has 2 heterocycles. The van der Waals surface area contributed by atoms with Crippen molar-refractivity contribution in [3.05, 3.63) is 38.4 Å². The first kappa shape index (κ1) is 11.8. The molecular weight excluding hydrogens is 335 g/mol. The molecule has 2 aromatic heterocycles. The summed E-state index contributed by atoms with van der Waals surface area (Å²) in [5.41, 5.74) is 0. The molecule has 0 bridgehead atoms. The van der Waals surface area contributed by atoms with Crippen LogP contribution in [0.2, 0.25) is 0 Å². The molecule has 0 aromatic carbocycles. The maximum Gasteiger partial charge on any atom is 0.172 e. The Bertz CT molecular complexity index is 464. The van der Waals surface area contributed by atoms with E-state index in [2.05, 4.69) is 27.7 Å². The molecule has 3 nitrogen and oxygen atoms in total. The lowest BCUT2D eigenvalue weighted by atomic mass is 10.2. The Labute approximate surface area is 112 Å². The molecule has 0 radical (unpaired) electrons. The number of Topliss-reactive ketones (excluding diaryl/α,β-unsaturated/α-hetero) is 1. The summed E-state index contributed by atoms with van der Waals surface area (Å²) in [5.74, 6) is 0.233. The molecule has 84 valence electrons. The fourth-order valence-corrected chi connectivity index (χ4v) is 2.56. The lowest BCUT2D eigenvalue weighted by molar-refractivity contribution is 0.0982. The molecule has 2 aromatic rings. The lowest BCUT2D eigenvalue weighted by Crippen LogP contribution is -2.02. The minimum atomic E-state index is 0.233. The quantitative estimate of drug-likeness (QED) is 0.616. The predicted octanol–water partition coefficient (Wildman–Crippen LogP) is 3.21. The first-order valence-electron chi connectivity index (χ1n) is 5.00. The molecule has 0 atom stereocenters. The molecular formula is C11H11IN2OS. The summed E-state index contributed by atoms with van der Waals surface area (Å²) < 4.78 is 3.01.